The van der Waals surface area contributed by atoms with Gasteiger partial charge in [0.25, 0.3) is 0 Å². The van der Waals surface area contributed by atoms with Crippen molar-refractivity contribution < 1.29 is 18.4 Å². The Morgan fingerprint density at radius 2 is 1.42 bits per heavy atom. The summed E-state index contributed by atoms with van der Waals surface area (Å²) in [6.07, 6.45) is 11.6. The molecule has 0 aromatic rings. The molecule has 33 heavy (non-hydrogen) atoms. The molecule has 0 fully saturated rings. The number of hydrogen-bond donors (Lipinski definition) is 2. The fourth-order valence-corrected chi connectivity index (χ4v) is 3.84. The minimum absolute atomic E-state index is 0.0139. The van der Waals surface area contributed by atoms with Crippen molar-refractivity contribution in [3.05, 3.63) is 20.9 Å². The molecule has 0 rings (SSSR count). The van der Waals surface area contributed by atoms with Gasteiger partial charge in [0.15, 0.2) is 11.1 Å². The lowest BCUT2D eigenvalue weighted by Crippen LogP contribution is -2.52. The van der Waals surface area contributed by atoms with Crippen LogP contribution in [0.3, 0.4) is 0 Å². The molecule has 1 unspecified atom stereocenters. The maximum atomic E-state index is 12.8. The first-order valence-electron chi connectivity index (χ1n) is 11.6. The van der Waals surface area contributed by atoms with Crippen molar-refractivity contribution in [2.45, 2.75) is 83.6 Å². The Morgan fingerprint density at radius 3 is 1.88 bits per heavy atom. The molecule has 0 bridgehead atoms. The molecule has 2 N–H and O–H groups in total. The van der Waals surface area contributed by atoms with E-state index in [1.54, 1.807) is 0 Å². The van der Waals surface area contributed by atoms with E-state index < -0.39 is 28.8 Å². The summed E-state index contributed by atoms with van der Waals surface area (Å²) in [6, 6.07) is -1.19. The fraction of sp³-hybridized carbons (Fsp3) is 0.900. The molecule has 0 saturated carbocycles. The van der Waals surface area contributed by atoms with Gasteiger partial charge in [0, 0.05) is 42.4 Å². The smallest absolute Gasteiger partial charge is 0.246 e. The first-order chi connectivity index (χ1) is 16.0. The summed E-state index contributed by atoms with van der Waals surface area (Å²) in [4.78, 5) is 31.7. The van der Waals surface area contributed by atoms with Crippen LogP contribution < -0.4 is 5.32 Å². The molecule has 13 heteroatoms. The first kappa shape index (κ1) is 30.7. The molecule has 12 nitrogen and oxygen atoms in total. The van der Waals surface area contributed by atoms with E-state index in [1.807, 2.05) is 0 Å². The summed E-state index contributed by atoms with van der Waals surface area (Å²) in [7, 11) is 0. The van der Waals surface area contributed by atoms with E-state index >= 15 is 0 Å². The van der Waals surface area contributed by atoms with Gasteiger partial charge in [-0.2, -0.15) is 0 Å². The molecule has 0 radical (unpaired) electrons. The molecule has 2 atom stereocenters. The lowest BCUT2D eigenvalue weighted by atomic mass is 10.1. The topological polar surface area (TPSA) is 184 Å². The molecule has 0 aliphatic carbocycles. The number of amides is 2. The summed E-state index contributed by atoms with van der Waals surface area (Å²) >= 11 is -2.30. The van der Waals surface area contributed by atoms with E-state index in [0.717, 1.165) is 19.3 Å². The van der Waals surface area contributed by atoms with Crippen LogP contribution in [-0.2, 0) is 20.7 Å². The zero-order chi connectivity index (χ0) is 24.7. The number of nitrogens with one attached hydrogen (secondary N) is 1. The van der Waals surface area contributed by atoms with Crippen molar-refractivity contribution in [1.82, 2.24) is 10.2 Å². The van der Waals surface area contributed by atoms with Crippen molar-refractivity contribution >= 4 is 22.9 Å². The monoisotopic (exact) mass is 486 g/mol. The third kappa shape index (κ3) is 17.9. The highest BCUT2D eigenvalue weighted by Crippen LogP contribution is 2.11. The number of rotatable bonds is 21. The van der Waals surface area contributed by atoms with E-state index in [4.69, 9.17) is 11.1 Å². The molecule has 0 saturated heterocycles. The van der Waals surface area contributed by atoms with Crippen molar-refractivity contribution in [3.63, 3.8) is 0 Å². The molecule has 0 aromatic heterocycles. The molecule has 0 spiro atoms. The standard InChI is InChI=1S/C20H38N8O4S/c1-2-3-4-5-6-7-8-9-10-11-12-19(29)25-18(17-33(31)32)20(30)28(15-13-23-26-21)16-14-24-27-22/h18H,2-17H2,1H3,(H,25,29)(H,31,32)/t18-/m1/s1. The van der Waals surface area contributed by atoms with Crippen LogP contribution in [-0.4, -0.2) is 63.4 Å². The van der Waals surface area contributed by atoms with E-state index in [1.165, 1.54) is 43.4 Å². The largest absolute Gasteiger partial charge is 0.343 e. The summed E-state index contributed by atoms with van der Waals surface area (Å²) in [5.41, 5.74) is 16.9. The highest BCUT2D eigenvalue weighted by atomic mass is 32.2. The number of azide groups is 2. The SMILES string of the molecule is CCCCCCCCCCCCC(=O)N[C@H](CS(=O)O)C(=O)N(CCN=[N+]=[N-])CCN=[N+]=[N-]. The highest BCUT2D eigenvalue weighted by molar-refractivity contribution is 7.79. The molecule has 0 aliphatic heterocycles. The van der Waals surface area contributed by atoms with Crippen LogP contribution in [0.25, 0.3) is 20.9 Å². The van der Waals surface area contributed by atoms with Gasteiger partial charge in [-0.1, -0.05) is 74.9 Å². The van der Waals surface area contributed by atoms with Crippen LogP contribution in [0.5, 0.6) is 0 Å². The van der Waals surface area contributed by atoms with Crippen molar-refractivity contribution in [2.75, 3.05) is 31.9 Å². The molecule has 188 valence electrons. The van der Waals surface area contributed by atoms with Crippen LogP contribution in [0.1, 0.15) is 77.6 Å². The Bertz CT molecular complexity index is 659. The Kier molecular flexibility index (Phi) is 20.0. The number of hydrogen-bond acceptors (Lipinski definition) is 5. The third-order valence-corrected chi connectivity index (χ3v) is 5.70. The second-order valence-corrected chi connectivity index (χ2v) is 8.75. The lowest BCUT2D eigenvalue weighted by molar-refractivity contribution is -0.135. The Morgan fingerprint density at radius 1 is 0.939 bits per heavy atom. The average molecular weight is 487 g/mol. The van der Waals surface area contributed by atoms with Gasteiger partial charge in [0.1, 0.15) is 6.04 Å². The highest BCUT2D eigenvalue weighted by Gasteiger charge is 2.27. The third-order valence-electron chi connectivity index (χ3n) is 5.08. The van der Waals surface area contributed by atoms with Crippen LogP contribution in [0.15, 0.2) is 10.2 Å². The van der Waals surface area contributed by atoms with Crippen LogP contribution in [0, 0.1) is 0 Å². The van der Waals surface area contributed by atoms with Crippen LogP contribution in [0.2, 0.25) is 0 Å². The van der Waals surface area contributed by atoms with Crippen LogP contribution >= 0.6 is 0 Å². The van der Waals surface area contributed by atoms with E-state index in [9.17, 15) is 18.4 Å². The Labute approximate surface area is 198 Å². The number of unbranched alkanes of at least 4 members (excludes halogenated alkanes) is 9. The summed E-state index contributed by atoms with van der Waals surface area (Å²) in [6.45, 7) is 2.24. The predicted octanol–water partition coefficient (Wildman–Crippen LogP) is 4.45. The van der Waals surface area contributed by atoms with Gasteiger partial charge >= 0.3 is 0 Å². The lowest BCUT2D eigenvalue weighted by Gasteiger charge is -2.26. The minimum Gasteiger partial charge on any atom is -0.343 e. The van der Waals surface area contributed by atoms with E-state index in [0.29, 0.717) is 6.42 Å². The average Bonchev–Trinajstić information content (AvgIpc) is 2.78. The van der Waals surface area contributed by atoms with Gasteiger partial charge in [0.05, 0.1) is 5.75 Å². The first-order valence-corrected chi connectivity index (χ1v) is 12.9. The Hall–Kier alpha value is -2.33. The quantitative estimate of drug-likeness (QED) is 0.0798. The molecular weight excluding hydrogens is 448 g/mol. The fourth-order valence-electron chi connectivity index (χ4n) is 3.33. The minimum atomic E-state index is -2.30. The second-order valence-electron chi connectivity index (χ2n) is 7.77. The predicted molar refractivity (Wildman–Crippen MR) is 129 cm³/mol. The molecular formula is C20H38N8O4S. The van der Waals surface area contributed by atoms with E-state index in [-0.39, 0.29) is 38.5 Å². The molecule has 0 heterocycles. The van der Waals surface area contributed by atoms with Gasteiger partial charge in [-0.3, -0.25) is 9.59 Å². The maximum absolute atomic E-state index is 12.8. The summed E-state index contributed by atoms with van der Waals surface area (Å²) in [5.74, 6) is -1.40. The summed E-state index contributed by atoms with van der Waals surface area (Å²) in [5, 5.41) is 9.31. The van der Waals surface area contributed by atoms with Gasteiger partial charge in [0.2, 0.25) is 11.8 Å². The van der Waals surface area contributed by atoms with Crippen LogP contribution in [0.4, 0.5) is 0 Å². The normalized spacial score (nSPS) is 12.2. The second kappa shape index (κ2) is 21.5. The van der Waals surface area contributed by atoms with Gasteiger partial charge in [-0.25, -0.2) is 4.21 Å². The number of nitrogens with zero attached hydrogens (tertiary/aromatic N) is 7. The zero-order valence-electron chi connectivity index (χ0n) is 19.6. The molecule has 0 aliphatic rings. The van der Waals surface area contributed by atoms with Crippen molar-refractivity contribution in [2.24, 2.45) is 10.2 Å². The van der Waals surface area contributed by atoms with Gasteiger partial charge in [-0.15, -0.1) is 0 Å². The Balaban J connectivity index is 4.55. The van der Waals surface area contributed by atoms with E-state index in [2.05, 4.69) is 32.3 Å². The van der Waals surface area contributed by atoms with Gasteiger partial charge in [-0.05, 0) is 17.5 Å². The number of carbonyl (C=O) groups excluding carboxylic acids is 2. The molecule has 0 aromatic carbocycles. The summed E-state index contributed by atoms with van der Waals surface area (Å²) < 4.78 is 20.6. The molecule has 2 amide bonds. The van der Waals surface area contributed by atoms with Crippen molar-refractivity contribution in [3.8, 4) is 0 Å². The van der Waals surface area contributed by atoms with Gasteiger partial charge < -0.3 is 14.8 Å². The maximum Gasteiger partial charge on any atom is 0.246 e. The zero-order valence-corrected chi connectivity index (χ0v) is 20.4. The van der Waals surface area contributed by atoms with Crippen molar-refractivity contribution in [1.29, 1.82) is 0 Å². The number of carbonyl (C=O) groups is 2.